The van der Waals surface area contributed by atoms with Gasteiger partial charge in [-0.15, -0.1) is 0 Å². The van der Waals surface area contributed by atoms with Crippen molar-refractivity contribution in [3.63, 3.8) is 0 Å². The van der Waals surface area contributed by atoms with Crippen LogP contribution in [-0.2, 0) is 0 Å². The Bertz CT molecular complexity index is 1110. The van der Waals surface area contributed by atoms with Crippen molar-refractivity contribution in [2.75, 3.05) is 14.2 Å². The summed E-state index contributed by atoms with van der Waals surface area (Å²) in [6.07, 6.45) is 1.74. The number of halogens is 1. The Hall–Kier alpha value is -3.56. The normalized spacial score (nSPS) is 10.8. The van der Waals surface area contributed by atoms with Crippen molar-refractivity contribution in [2.45, 2.75) is 0 Å². The van der Waals surface area contributed by atoms with Gasteiger partial charge in [0.05, 0.1) is 31.4 Å². The summed E-state index contributed by atoms with van der Waals surface area (Å²) < 4.78 is 16.9. The molecular weight excluding hydrogens is 446 g/mol. The van der Waals surface area contributed by atoms with E-state index in [2.05, 4.69) is 22.0 Å². The molecule has 6 heteroatoms. The molecule has 0 amide bonds. The molecule has 0 aliphatic carbocycles. The number of carbonyl (C=O) groups excluding carboxylic acids is 1. The lowest BCUT2D eigenvalue weighted by Gasteiger charge is -2.10. The number of hydrogen-bond donors (Lipinski definition) is 0. The molecule has 0 saturated heterocycles. The molecule has 3 aromatic rings. The highest BCUT2D eigenvalue weighted by Crippen LogP contribution is 2.31. The predicted octanol–water partition coefficient (Wildman–Crippen LogP) is 5.75. The van der Waals surface area contributed by atoms with Crippen LogP contribution in [0.3, 0.4) is 0 Å². The molecule has 0 fully saturated rings. The van der Waals surface area contributed by atoms with Gasteiger partial charge in [-0.25, -0.2) is 4.79 Å². The molecule has 0 radical (unpaired) electrons. The molecule has 3 aromatic carbocycles. The van der Waals surface area contributed by atoms with E-state index in [9.17, 15) is 10.1 Å². The van der Waals surface area contributed by atoms with Crippen molar-refractivity contribution in [3.8, 4) is 23.3 Å². The van der Waals surface area contributed by atoms with Crippen LogP contribution in [0.4, 0.5) is 0 Å². The number of rotatable bonds is 6. The van der Waals surface area contributed by atoms with Crippen LogP contribution in [-0.4, -0.2) is 20.2 Å². The van der Waals surface area contributed by atoms with Crippen LogP contribution in [0.25, 0.3) is 11.6 Å². The summed E-state index contributed by atoms with van der Waals surface area (Å²) in [6, 6.07) is 21.4. The third-order valence-corrected chi connectivity index (χ3v) is 4.83. The maximum atomic E-state index is 12.4. The van der Waals surface area contributed by atoms with Gasteiger partial charge in [-0.05, 0) is 77.9 Å². The largest absolute Gasteiger partial charge is 0.497 e. The Balaban J connectivity index is 1.85. The SMILES string of the molecule is COc1ccc(/C(C#N)=C\c2ccc(OC(=O)c3ccc(Br)cc3)c(OC)c2)cc1. The average molecular weight is 464 g/mol. The fourth-order valence-electron chi connectivity index (χ4n) is 2.72. The van der Waals surface area contributed by atoms with E-state index >= 15 is 0 Å². The van der Waals surface area contributed by atoms with Crippen molar-refractivity contribution in [3.05, 3.63) is 87.9 Å². The molecule has 5 nitrogen and oxygen atoms in total. The number of ether oxygens (including phenoxy) is 3. The molecule has 0 bridgehead atoms. The van der Waals surface area contributed by atoms with E-state index in [1.807, 2.05) is 12.1 Å². The van der Waals surface area contributed by atoms with Gasteiger partial charge in [0.25, 0.3) is 0 Å². The van der Waals surface area contributed by atoms with Crippen LogP contribution in [0.2, 0.25) is 0 Å². The van der Waals surface area contributed by atoms with E-state index in [4.69, 9.17) is 14.2 Å². The Labute approximate surface area is 183 Å². The van der Waals surface area contributed by atoms with Crippen molar-refractivity contribution in [1.82, 2.24) is 0 Å². The zero-order valence-electron chi connectivity index (χ0n) is 16.4. The third kappa shape index (κ3) is 5.07. The molecule has 0 heterocycles. The Morgan fingerprint density at radius 2 is 1.57 bits per heavy atom. The van der Waals surface area contributed by atoms with Gasteiger partial charge in [0.1, 0.15) is 5.75 Å². The number of benzene rings is 3. The molecule has 3 rings (SSSR count). The summed E-state index contributed by atoms with van der Waals surface area (Å²) in [6.45, 7) is 0. The zero-order valence-corrected chi connectivity index (χ0v) is 18.0. The van der Waals surface area contributed by atoms with Crippen molar-refractivity contribution in [1.29, 1.82) is 5.26 Å². The molecule has 0 atom stereocenters. The molecule has 150 valence electrons. The highest BCUT2D eigenvalue weighted by atomic mass is 79.9. The number of esters is 1. The third-order valence-electron chi connectivity index (χ3n) is 4.30. The van der Waals surface area contributed by atoms with Crippen LogP contribution in [0, 0.1) is 11.3 Å². The van der Waals surface area contributed by atoms with E-state index in [0.29, 0.717) is 22.6 Å². The molecule has 30 heavy (non-hydrogen) atoms. The minimum atomic E-state index is -0.486. The van der Waals surface area contributed by atoms with Gasteiger partial charge >= 0.3 is 5.97 Å². The van der Waals surface area contributed by atoms with E-state index in [-0.39, 0.29) is 0 Å². The lowest BCUT2D eigenvalue weighted by molar-refractivity contribution is 0.0729. The second-order valence-corrected chi connectivity index (χ2v) is 7.12. The van der Waals surface area contributed by atoms with Gasteiger partial charge in [-0.3, -0.25) is 0 Å². The number of nitrogens with zero attached hydrogens (tertiary/aromatic N) is 1. The summed E-state index contributed by atoms with van der Waals surface area (Å²) in [4.78, 5) is 12.4. The predicted molar refractivity (Wildman–Crippen MR) is 119 cm³/mol. The first-order chi connectivity index (χ1) is 14.5. The maximum Gasteiger partial charge on any atom is 0.343 e. The van der Waals surface area contributed by atoms with Crippen LogP contribution < -0.4 is 14.2 Å². The van der Waals surface area contributed by atoms with Gasteiger partial charge in [0, 0.05) is 4.47 Å². The summed E-state index contributed by atoms with van der Waals surface area (Å²) in [5, 5.41) is 9.56. The fraction of sp³-hybridized carbons (Fsp3) is 0.0833. The zero-order chi connectivity index (χ0) is 21.5. The lowest BCUT2D eigenvalue weighted by Crippen LogP contribution is -2.09. The van der Waals surface area contributed by atoms with Crippen LogP contribution in [0.15, 0.2) is 71.2 Å². The first-order valence-corrected chi connectivity index (χ1v) is 9.75. The minimum absolute atomic E-state index is 0.297. The number of allylic oxidation sites excluding steroid dienone is 1. The van der Waals surface area contributed by atoms with Crippen LogP contribution in [0.1, 0.15) is 21.5 Å². The molecule has 0 aromatic heterocycles. The monoisotopic (exact) mass is 463 g/mol. The quantitative estimate of drug-likeness (QED) is 0.201. The van der Waals surface area contributed by atoms with E-state index < -0.39 is 5.97 Å². The van der Waals surface area contributed by atoms with Gasteiger partial charge in [0.15, 0.2) is 11.5 Å². The number of hydrogen-bond acceptors (Lipinski definition) is 5. The summed E-state index contributed by atoms with van der Waals surface area (Å²) in [7, 11) is 3.09. The van der Waals surface area contributed by atoms with E-state index in [1.165, 1.54) is 7.11 Å². The van der Waals surface area contributed by atoms with Crippen LogP contribution in [0.5, 0.6) is 17.2 Å². The second-order valence-electron chi connectivity index (χ2n) is 6.21. The molecular formula is C24H18BrNO4. The molecule has 0 unspecified atom stereocenters. The fourth-order valence-corrected chi connectivity index (χ4v) is 2.98. The van der Waals surface area contributed by atoms with Crippen LogP contribution >= 0.6 is 15.9 Å². The van der Waals surface area contributed by atoms with Crippen molar-refractivity contribution < 1.29 is 19.0 Å². The van der Waals surface area contributed by atoms with Gasteiger partial charge in [-0.2, -0.15) is 5.26 Å². The van der Waals surface area contributed by atoms with E-state index in [0.717, 1.165) is 21.3 Å². The smallest absolute Gasteiger partial charge is 0.343 e. The second kappa shape index (κ2) is 9.77. The lowest BCUT2D eigenvalue weighted by atomic mass is 10.0. The molecule has 0 aliphatic rings. The molecule has 0 N–H and O–H groups in total. The number of carbonyl (C=O) groups is 1. The number of methoxy groups -OCH3 is 2. The highest BCUT2D eigenvalue weighted by Gasteiger charge is 2.13. The average Bonchev–Trinajstić information content (AvgIpc) is 2.78. The topological polar surface area (TPSA) is 68.5 Å². The molecule has 0 saturated carbocycles. The Morgan fingerprint density at radius 3 is 2.17 bits per heavy atom. The van der Waals surface area contributed by atoms with Crippen molar-refractivity contribution in [2.24, 2.45) is 0 Å². The first-order valence-electron chi connectivity index (χ1n) is 8.96. The summed E-state index contributed by atoms with van der Waals surface area (Å²) in [5.74, 6) is 0.918. The summed E-state index contributed by atoms with van der Waals surface area (Å²) >= 11 is 3.33. The standard InChI is InChI=1S/C24H18BrNO4/c1-28-21-10-6-17(7-11-21)19(15-26)13-16-3-12-22(23(14-16)29-2)30-24(27)18-4-8-20(25)9-5-18/h3-14H,1-2H3/b19-13-. The first kappa shape index (κ1) is 21.2. The Morgan fingerprint density at radius 1 is 0.900 bits per heavy atom. The highest BCUT2D eigenvalue weighted by molar-refractivity contribution is 9.10. The molecule has 0 spiro atoms. The summed E-state index contributed by atoms with van der Waals surface area (Å²) in [5.41, 5.74) is 2.42. The minimum Gasteiger partial charge on any atom is -0.497 e. The van der Waals surface area contributed by atoms with E-state index in [1.54, 1.807) is 67.8 Å². The van der Waals surface area contributed by atoms with Gasteiger partial charge < -0.3 is 14.2 Å². The van der Waals surface area contributed by atoms with Gasteiger partial charge in [0.2, 0.25) is 0 Å². The maximum absolute atomic E-state index is 12.4. The molecule has 0 aliphatic heterocycles. The van der Waals surface area contributed by atoms with Gasteiger partial charge in [-0.1, -0.05) is 22.0 Å². The van der Waals surface area contributed by atoms with Crippen molar-refractivity contribution >= 4 is 33.5 Å². The number of nitriles is 1. The Kier molecular flexibility index (Phi) is 6.89.